The third-order valence-electron chi connectivity index (χ3n) is 3.36. The van der Waals surface area contributed by atoms with Crippen LogP contribution in [0, 0.1) is 0 Å². The van der Waals surface area contributed by atoms with Crippen LogP contribution in [0.3, 0.4) is 0 Å². The van der Waals surface area contributed by atoms with Gasteiger partial charge in [-0.2, -0.15) is 0 Å². The van der Waals surface area contributed by atoms with E-state index in [1.807, 2.05) is 43.3 Å². The van der Waals surface area contributed by atoms with Crippen molar-refractivity contribution in [3.05, 3.63) is 53.6 Å². The van der Waals surface area contributed by atoms with Crippen molar-refractivity contribution in [2.45, 2.75) is 6.54 Å². The molecule has 0 aliphatic carbocycles. The average molecular weight is 300 g/mol. The Labute approximate surface area is 130 Å². The number of nitrogens with one attached hydrogen (secondary N) is 1. The molecule has 0 saturated heterocycles. The lowest BCUT2D eigenvalue weighted by Crippen LogP contribution is -2.22. The minimum Gasteiger partial charge on any atom is -0.507 e. The molecular formula is C17H20N2O3. The lowest BCUT2D eigenvalue weighted by molar-refractivity contribution is 0.0948. The number of phenolic OH excluding ortho intramolecular Hbond substituents is 1. The molecule has 0 saturated carbocycles. The highest BCUT2D eigenvalue weighted by atomic mass is 16.5. The van der Waals surface area contributed by atoms with Crippen molar-refractivity contribution in [2.75, 3.05) is 26.1 Å². The van der Waals surface area contributed by atoms with Crippen LogP contribution in [0.25, 0.3) is 0 Å². The van der Waals surface area contributed by atoms with Crippen molar-refractivity contribution in [1.29, 1.82) is 0 Å². The van der Waals surface area contributed by atoms with Crippen LogP contribution in [0.1, 0.15) is 15.9 Å². The van der Waals surface area contributed by atoms with E-state index in [1.54, 1.807) is 12.1 Å². The van der Waals surface area contributed by atoms with Crippen molar-refractivity contribution in [2.24, 2.45) is 0 Å². The molecule has 5 heteroatoms. The summed E-state index contributed by atoms with van der Waals surface area (Å²) in [5.74, 6) is 0.0879. The molecule has 22 heavy (non-hydrogen) atoms. The third kappa shape index (κ3) is 3.69. The Morgan fingerprint density at radius 2 is 1.86 bits per heavy atom. The van der Waals surface area contributed by atoms with Crippen LogP contribution in [0.2, 0.25) is 0 Å². The normalized spacial score (nSPS) is 10.1. The highest BCUT2D eigenvalue weighted by molar-refractivity contribution is 5.96. The number of benzene rings is 2. The van der Waals surface area contributed by atoms with E-state index in [9.17, 15) is 9.90 Å². The van der Waals surface area contributed by atoms with E-state index >= 15 is 0 Å². The molecule has 116 valence electrons. The lowest BCUT2D eigenvalue weighted by Gasteiger charge is -2.13. The molecule has 2 aromatic carbocycles. The van der Waals surface area contributed by atoms with E-state index in [2.05, 4.69) is 5.32 Å². The molecule has 2 rings (SSSR count). The van der Waals surface area contributed by atoms with E-state index in [1.165, 1.54) is 13.2 Å². The van der Waals surface area contributed by atoms with Gasteiger partial charge in [0.05, 0.1) is 12.7 Å². The summed E-state index contributed by atoms with van der Waals surface area (Å²) in [6, 6.07) is 12.5. The van der Waals surface area contributed by atoms with E-state index in [4.69, 9.17) is 4.74 Å². The number of carbonyl (C=O) groups excluding carboxylic acids is 1. The second-order valence-corrected chi connectivity index (χ2v) is 5.13. The van der Waals surface area contributed by atoms with Gasteiger partial charge in [-0.25, -0.2) is 0 Å². The van der Waals surface area contributed by atoms with Crippen molar-refractivity contribution in [3.63, 3.8) is 0 Å². The number of hydrogen-bond acceptors (Lipinski definition) is 4. The maximum absolute atomic E-state index is 12.1. The SMILES string of the molecule is COc1ccc(C(=O)NCc2ccc(N(C)C)cc2)c(O)c1. The number of rotatable bonds is 5. The number of methoxy groups -OCH3 is 1. The summed E-state index contributed by atoms with van der Waals surface area (Å²) < 4.78 is 4.99. The number of carbonyl (C=O) groups is 1. The van der Waals surface area contributed by atoms with Crippen LogP contribution in [0.4, 0.5) is 5.69 Å². The third-order valence-corrected chi connectivity index (χ3v) is 3.36. The molecule has 0 heterocycles. The molecular weight excluding hydrogens is 280 g/mol. The molecule has 0 aromatic heterocycles. The number of amides is 1. The molecule has 1 amide bonds. The molecule has 0 atom stereocenters. The monoisotopic (exact) mass is 300 g/mol. The summed E-state index contributed by atoms with van der Waals surface area (Å²) >= 11 is 0. The Morgan fingerprint density at radius 1 is 1.18 bits per heavy atom. The first-order valence-electron chi connectivity index (χ1n) is 6.92. The number of hydrogen-bond donors (Lipinski definition) is 2. The van der Waals surface area contributed by atoms with Gasteiger partial charge in [0, 0.05) is 32.4 Å². The maximum Gasteiger partial charge on any atom is 0.255 e. The van der Waals surface area contributed by atoms with Gasteiger partial charge in [-0.3, -0.25) is 4.79 Å². The molecule has 2 aromatic rings. The Balaban J connectivity index is 2.00. The van der Waals surface area contributed by atoms with Gasteiger partial charge in [-0.05, 0) is 29.8 Å². The molecule has 2 N–H and O–H groups in total. The van der Waals surface area contributed by atoms with Crippen LogP contribution in [-0.2, 0) is 6.54 Å². The average Bonchev–Trinajstić information content (AvgIpc) is 2.52. The summed E-state index contributed by atoms with van der Waals surface area (Å²) in [5, 5.41) is 12.6. The van der Waals surface area contributed by atoms with Crippen LogP contribution in [0.15, 0.2) is 42.5 Å². The molecule has 5 nitrogen and oxygen atoms in total. The fourth-order valence-electron chi connectivity index (χ4n) is 2.02. The van der Waals surface area contributed by atoms with E-state index in [0.29, 0.717) is 12.3 Å². The predicted molar refractivity (Wildman–Crippen MR) is 86.6 cm³/mol. The molecule has 0 aliphatic rings. The number of nitrogens with zero attached hydrogens (tertiary/aromatic N) is 1. The summed E-state index contributed by atoms with van der Waals surface area (Å²) in [4.78, 5) is 14.1. The first-order valence-corrected chi connectivity index (χ1v) is 6.92. The van der Waals surface area contributed by atoms with E-state index in [-0.39, 0.29) is 17.2 Å². The zero-order valence-electron chi connectivity index (χ0n) is 13.0. The van der Waals surface area contributed by atoms with Crippen molar-refractivity contribution < 1.29 is 14.6 Å². The van der Waals surface area contributed by atoms with Gasteiger partial charge in [-0.1, -0.05) is 12.1 Å². The standard InChI is InChI=1S/C17H20N2O3/c1-19(2)13-6-4-12(5-7-13)11-18-17(21)15-9-8-14(22-3)10-16(15)20/h4-10,20H,11H2,1-3H3,(H,18,21). The smallest absolute Gasteiger partial charge is 0.255 e. The molecule has 0 aliphatic heterocycles. The second kappa shape index (κ2) is 6.85. The Morgan fingerprint density at radius 3 is 2.41 bits per heavy atom. The second-order valence-electron chi connectivity index (χ2n) is 5.13. The quantitative estimate of drug-likeness (QED) is 0.890. The summed E-state index contributed by atoms with van der Waals surface area (Å²) in [6.07, 6.45) is 0. The summed E-state index contributed by atoms with van der Waals surface area (Å²) in [7, 11) is 5.46. The number of phenols is 1. The van der Waals surface area contributed by atoms with Crippen molar-refractivity contribution in [1.82, 2.24) is 5.32 Å². The first kappa shape index (κ1) is 15.7. The van der Waals surface area contributed by atoms with Crippen LogP contribution < -0.4 is 15.0 Å². The Bertz CT molecular complexity index is 651. The van der Waals surface area contributed by atoms with Gasteiger partial charge >= 0.3 is 0 Å². The van der Waals surface area contributed by atoms with Gasteiger partial charge in [0.25, 0.3) is 5.91 Å². The zero-order chi connectivity index (χ0) is 16.1. The molecule has 0 fully saturated rings. The summed E-state index contributed by atoms with van der Waals surface area (Å²) in [6.45, 7) is 0.401. The van der Waals surface area contributed by atoms with Gasteiger partial charge < -0.3 is 20.1 Å². The van der Waals surface area contributed by atoms with E-state index in [0.717, 1.165) is 11.3 Å². The van der Waals surface area contributed by atoms with Gasteiger partial charge in [0.2, 0.25) is 0 Å². The zero-order valence-corrected chi connectivity index (χ0v) is 13.0. The fraction of sp³-hybridized carbons (Fsp3) is 0.235. The number of aromatic hydroxyl groups is 1. The number of ether oxygens (including phenoxy) is 1. The highest BCUT2D eigenvalue weighted by Gasteiger charge is 2.11. The Kier molecular flexibility index (Phi) is 4.88. The highest BCUT2D eigenvalue weighted by Crippen LogP contribution is 2.23. The van der Waals surface area contributed by atoms with Gasteiger partial charge in [0.15, 0.2) is 0 Å². The first-order chi connectivity index (χ1) is 10.5. The molecule has 0 unspecified atom stereocenters. The predicted octanol–water partition coefficient (Wildman–Crippen LogP) is 2.40. The topological polar surface area (TPSA) is 61.8 Å². The largest absolute Gasteiger partial charge is 0.507 e. The Hall–Kier alpha value is -2.69. The van der Waals surface area contributed by atoms with Crippen LogP contribution >= 0.6 is 0 Å². The molecule has 0 spiro atoms. The van der Waals surface area contributed by atoms with Crippen LogP contribution in [0.5, 0.6) is 11.5 Å². The number of anilines is 1. The van der Waals surface area contributed by atoms with Gasteiger partial charge in [0.1, 0.15) is 11.5 Å². The lowest BCUT2D eigenvalue weighted by atomic mass is 10.1. The van der Waals surface area contributed by atoms with Crippen LogP contribution in [-0.4, -0.2) is 32.2 Å². The molecule has 0 radical (unpaired) electrons. The van der Waals surface area contributed by atoms with E-state index < -0.39 is 0 Å². The van der Waals surface area contributed by atoms with Crippen molar-refractivity contribution in [3.8, 4) is 11.5 Å². The summed E-state index contributed by atoms with van der Waals surface area (Å²) in [5.41, 5.74) is 2.32. The van der Waals surface area contributed by atoms with Crippen molar-refractivity contribution >= 4 is 11.6 Å². The minimum atomic E-state index is -0.322. The maximum atomic E-state index is 12.1. The minimum absolute atomic E-state index is 0.0974. The fourth-order valence-corrected chi connectivity index (χ4v) is 2.02. The van der Waals surface area contributed by atoms with Gasteiger partial charge in [-0.15, -0.1) is 0 Å². The molecule has 0 bridgehead atoms.